The molecule has 118 valence electrons. The van der Waals surface area contributed by atoms with E-state index in [-0.39, 0.29) is 18.1 Å². The minimum absolute atomic E-state index is 0.0731. The zero-order valence-corrected chi connectivity index (χ0v) is 13.9. The Kier molecular flexibility index (Phi) is 5.15. The molecule has 2 aromatic heterocycles. The van der Waals surface area contributed by atoms with Crippen LogP contribution in [0, 0.1) is 6.92 Å². The minimum atomic E-state index is -0.439. The highest BCUT2D eigenvalue weighted by atomic mass is 35.5. The van der Waals surface area contributed by atoms with E-state index < -0.39 is 5.91 Å². The number of nitrogens with one attached hydrogen (secondary N) is 1. The second-order valence-corrected chi connectivity index (χ2v) is 5.69. The van der Waals surface area contributed by atoms with Crippen LogP contribution in [0.5, 0.6) is 0 Å². The molecule has 0 fully saturated rings. The lowest BCUT2D eigenvalue weighted by atomic mass is 10.3. The van der Waals surface area contributed by atoms with Gasteiger partial charge in [-0.25, -0.2) is 4.98 Å². The van der Waals surface area contributed by atoms with Crippen LogP contribution < -0.4 is 5.32 Å². The molecule has 2 aromatic rings. The lowest BCUT2D eigenvalue weighted by molar-refractivity contribution is -0.142. The van der Waals surface area contributed by atoms with E-state index in [2.05, 4.69) is 15.4 Å². The lowest BCUT2D eigenvalue weighted by Gasteiger charge is -1.99. The Bertz CT molecular complexity index is 710. The van der Waals surface area contributed by atoms with Crippen LogP contribution in [-0.4, -0.2) is 33.2 Å². The van der Waals surface area contributed by atoms with Crippen molar-refractivity contribution in [2.24, 2.45) is 7.05 Å². The van der Waals surface area contributed by atoms with E-state index in [1.54, 1.807) is 26.3 Å². The highest BCUT2D eigenvalue weighted by molar-refractivity contribution is 7.14. The largest absolute Gasteiger partial charge is 0.466 e. The average Bonchev–Trinajstić information content (AvgIpc) is 2.99. The molecule has 0 aliphatic heterocycles. The van der Waals surface area contributed by atoms with Crippen molar-refractivity contribution in [3.63, 3.8) is 0 Å². The Hall–Kier alpha value is -1.93. The summed E-state index contributed by atoms with van der Waals surface area (Å²) in [5.41, 5.74) is 1.39. The second kappa shape index (κ2) is 6.89. The minimum Gasteiger partial charge on any atom is -0.466 e. The Morgan fingerprint density at radius 1 is 1.50 bits per heavy atom. The third-order valence-electron chi connectivity index (χ3n) is 2.88. The first-order valence-corrected chi connectivity index (χ1v) is 7.78. The molecular formula is C13H15ClN4O3S. The summed E-state index contributed by atoms with van der Waals surface area (Å²) in [6.45, 7) is 3.83. The number of halogens is 1. The Labute approximate surface area is 136 Å². The van der Waals surface area contributed by atoms with Gasteiger partial charge in [0.05, 0.1) is 29.4 Å². The van der Waals surface area contributed by atoms with Crippen LogP contribution in [0.15, 0.2) is 5.38 Å². The van der Waals surface area contributed by atoms with Crippen molar-refractivity contribution in [1.82, 2.24) is 14.8 Å². The third-order valence-corrected chi connectivity index (χ3v) is 4.14. The van der Waals surface area contributed by atoms with Gasteiger partial charge >= 0.3 is 5.97 Å². The predicted octanol–water partition coefficient (Wildman–Crippen LogP) is 2.20. The summed E-state index contributed by atoms with van der Waals surface area (Å²) < 4.78 is 6.38. The normalized spacial score (nSPS) is 10.5. The van der Waals surface area contributed by atoms with E-state index in [1.807, 2.05) is 0 Å². The fraction of sp³-hybridized carbons (Fsp3) is 0.385. The average molecular weight is 343 g/mol. The van der Waals surface area contributed by atoms with Gasteiger partial charge in [-0.15, -0.1) is 11.3 Å². The van der Waals surface area contributed by atoms with Gasteiger partial charge in [-0.2, -0.15) is 5.10 Å². The fourth-order valence-corrected chi connectivity index (χ4v) is 2.64. The van der Waals surface area contributed by atoms with Gasteiger partial charge in [0.2, 0.25) is 0 Å². The maximum atomic E-state index is 12.1. The molecule has 0 atom stereocenters. The number of esters is 1. The molecule has 7 nitrogen and oxygen atoms in total. The second-order valence-electron chi connectivity index (χ2n) is 4.45. The van der Waals surface area contributed by atoms with Gasteiger partial charge in [0, 0.05) is 12.4 Å². The van der Waals surface area contributed by atoms with Crippen LogP contribution in [0.25, 0.3) is 0 Å². The van der Waals surface area contributed by atoms with Gasteiger partial charge in [-0.05, 0) is 13.8 Å². The molecular weight excluding hydrogens is 328 g/mol. The Morgan fingerprint density at radius 2 is 2.23 bits per heavy atom. The number of rotatable bonds is 5. The maximum Gasteiger partial charge on any atom is 0.311 e. The summed E-state index contributed by atoms with van der Waals surface area (Å²) in [4.78, 5) is 27.7. The van der Waals surface area contributed by atoms with Crippen molar-refractivity contribution in [3.05, 3.63) is 27.5 Å². The van der Waals surface area contributed by atoms with Gasteiger partial charge in [0.1, 0.15) is 0 Å². The zero-order chi connectivity index (χ0) is 16.3. The van der Waals surface area contributed by atoms with Crippen LogP contribution in [0.4, 0.5) is 5.13 Å². The highest BCUT2D eigenvalue weighted by Gasteiger charge is 2.19. The van der Waals surface area contributed by atoms with Crippen molar-refractivity contribution in [2.45, 2.75) is 20.3 Å². The number of carbonyl (C=O) groups excluding carboxylic acids is 2. The lowest BCUT2D eigenvalue weighted by Crippen LogP contribution is -2.13. The summed E-state index contributed by atoms with van der Waals surface area (Å²) in [5.74, 6) is -0.792. The molecule has 0 unspecified atom stereocenters. The molecule has 0 bridgehead atoms. The zero-order valence-electron chi connectivity index (χ0n) is 12.3. The van der Waals surface area contributed by atoms with Crippen LogP contribution in [0.1, 0.15) is 28.8 Å². The first kappa shape index (κ1) is 16.4. The monoisotopic (exact) mass is 342 g/mol. The third kappa shape index (κ3) is 3.63. The number of aryl methyl sites for hydroxylation is 1. The standard InChI is InChI=1S/C13H15ClN4O3S/c1-4-21-9(19)5-8-6-22-13(15-8)16-12(20)11-10(14)7(2)18(3)17-11/h6H,4-5H2,1-3H3,(H,15,16,20). The van der Waals surface area contributed by atoms with Crippen molar-refractivity contribution in [2.75, 3.05) is 11.9 Å². The number of nitrogens with zero attached hydrogens (tertiary/aromatic N) is 3. The molecule has 0 aromatic carbocycles. The molecule has 2 rings (SSSR count). The number of hydrogen-bond donors (Lipinski definition) is 1. The smallest absolute Gasteiger partial charge is 0.311 e. The summed E-state index contributed by atoms with van der Waals surface area (Å²) >= 11 is 7.28. The first-order chi connectivity index (χ1) is 10.4. The molecule has 0 saturated heterocycles. The van der Waals surface area contributed by atoms with E-state index in [0.717, 1.165) is 0 Å². The SMILES string of the molecule is CCOC(=O)Cc1csc(NC(=O)c2nn(C)c(C)c2Cl)n1. The number of anilines is 1. The number of hydrogen-bond acceptors (Lipinski definition) is 6. The summed E-state index contributed by atoms with van der Waals surface area (Å²) in [6.07, 6.45) is 0.0731. The number of aromatic nitrogens is 3. The topological polar surface area (TPSA) is 86.1 Å². The van der Waals surface area contributed by atoms with Crippen LogP contribution in [0.3, 0.4) is 0 Å². The molecule has 1 amide bonds. The van der Waals surface area contributed by atoms with Crippen molar-refractivity contribution in [3.8, 4) is 0 Å². The number of amides is 1. The first-order valence-electron chi connectivity index (χ1n) is 6.52. The van der Waals surface area contributed by atoms with E-state index in [1.165, 1.54) is 16.0 Å². The quantitative estimate of drug-likeness (QED) is 0.842. The number of carbonyl (C=O) groups is 2. The van der Waals surface area contributed by atoms with Crippen molar-refractivity contribution >= 4 is 39.9 Å². The summed E-state index contributed by atoms with van der Waals surface area (Å²) in [5, 5.41) is 9.06. The van der Waals surface area contributed by atoms with E-state index in [9.17, 15) is 9.59 Å². The van der Waals surface area contributed by atoms with E-state index in [4.69, 9.17) is 16.3 Å². The molecule has 22 heavy (non-hydrogen) atoms. The maximum absolute atomic E-state index is 12.1. The Morgan fingerprint density at radius 3 is 2.82 bits per heavy atom. The molecule has 2 heterocycles. The van der Waals surface area contributed by atoms with E-state index in [0.29, 0.717) is 28.1 Å². The highest BCUT2D eigenvalue weighted by Crippen LogP contribution is 2.22. The van der Waals surface area contributed by atoms with Crippen LogP contribution in [-0.2, 0) is 23.0 Å². The molecule has 0 radical (unpaired) electrons. The molecule has 0 aliphatic carbocycles. The molecule has 0 aliphatic rings. The molecule has 0 saturated carbocycles. The summed E-state index contributed by atoms with van der Waals surface area (Å²) in [7, 11) is 1.71. The molecule has 9 heteroatoms. The van der Waals surface area contributed by atoms with Gasteiger partial charge in [0.15, 0.2) is 10.8 Å². The van der Waals surface area contributed by atoms with Crippen LogP contribution in [0.2, 0.25) is 5.02 Å². The molecule has 1 N–H and O–H groups in total. The van der Waals surface area contributed by atoms with Gasteiger partial charge in [0.25, 0.3) is 5.91 Å². The van der Waals surface area contributed by atoms with Gasteiger partial charge < -0.3 is 4.74 Å². The van der Waals surface area contributed by atoms with Crippen molar-refractivity contribution in [1.29, 1.82) is 0 Å². The predicted molar refractivity (Wildman–Crippen MR) is 83.4 cm³/mol. The van der Waals surface area contributed by atoms with Gasteiger partial charge in [-0.1, -0.05) is 11.6 Å². The van der Waals surface area contributed by atoms with Crippen molar-refractivity contribution < 1.29 is 14.3 Å². The molecule has 0 spiro atoms. The Balaban J connectivity index is 2.05. The van der Waals surface area contributed by atoms with E-state index >= 15 is 0 Å². The van der Waals surface area contributed by atoms with Gasteiger partial charge in [-0.3, -0.25) is 19.6 Å². The number of thiazole rings is 1. The number of ether oxygens (including phenoxy) is 1. The summed E-state index contributed by atoms with van der Waals surface area (Å²) in [6, 6.07) is 0. The fourth-order valence-electron chi connectivity index (χ4n) is 1.69. The van der Waals surface area contributed by atoms with Crippen LogP contribution >= 0.6 is 22.9 Å².